The van der Waals surface area contributed by atoms with Crippen LogP contribution in [0.3, 0.4) is 0 Å². The van der Waals surface area contributed by atoms with Gasteiger partial charge < -0.3 is 42.7 Å². The normalized spacial score (nSPS) is 14.8. The molecule has 166 valence electrons. The lowest BCUT2D eigenvalue weighted by atomic mass is 10.1. The summed E-state index contributed by atoms with van der Waals surface area (Å²) >= 11 is 0. The highest BCUT2D eigenvalue weighted by atomic mass is 16.4. The smallest absolute Gasteiger partial charge is 0.326 e. The summed E-state index contributed by atoms with van der Waals surface area (Å²) in [4.78, 5) is 58.3. The predicted molar refractivity (Wildman–Crippen MR) is 99.3 cm³/mol. The van der Waals surface area contributed by atoms with Crippen molar-refractivity contribution < 1.29 is 39.3 Å². The minimum Gasteiger partial charge on any atom is -0.481 e. The summed E-state index contributed by atoms with van der Waals surface area (Å²) in [6.07, 6.45) is 0.418. The maximum atomic E-state index is 12.3. The number of aliphatic hydroxyl groups is 1. The Hall–Kier alpha value is -2.77. The van der Waals surface area contributed by atoms with Crippen LogP contribution in [0.25, 0.3) is 0 Å². The Morgan fingerprint density at radius 1 is 0.897 bits per heavy atom. The van der Waals surface area contributed by atoms with Crippen LogP contribution in [0, 0.1) is 0 Å². The Balaban J connectivity index is 4.95. The molecular weight excluding hydrogens is 390 g/mol. The summed E-state index contributed by atoms with van der Waals surface area (Å²) in [6, 6.07) is -5.29. The van der Waals surface area contributed by atoms with Gasteiger partial charge >= 0.3 is 11.9 Å². The predicted octanol–water partition coefficient (Wildman–Crippen LogP) is -3.53. The molecule has 13 heteroatoms. The molecule has 4 atom stereocenters. The molecule has 0 saturated heterocycles. The molecule has 0 aromatic heterocycles. The number of amides is 3. The van der Waals surface area contributed by atoms with Gasteiger partial charge in [0.2, 0.25) is 17.7 Å². The number of hydrogen-bond acceptors (Lipinski definition) is 8. The van der Waals surface area contributed by atoms with Crippen molar-refractivity contribution in [3.8, 4) is 0 Å². The summed E-state index contributed by atoms with van der Waals surface area (Å²) in [5.74, 6) is -5.37. The second-order valence-corrected chi connectivity index (χ2v) is 6.36. The third kappa shape index (κ3) is 10.4. The Morgan fingerprint density at radius 3 is 1.97 bits per heavy atom. The molecule has 29 heavy (non-hydrogen) atoms. The molecule has 10 N–H and O–H groups in total. The standard InChI is InChI=1S/C16H29N5O8/c1-8(13(25)20-10(16(28)29)4-2-3-5-17)19-15(27)11(6-12(23)24)21-14(26)9(18)7-22/h8-11,22H,2-7,17-18H2,1H3,(H,19,27)(H,20,25)(H,21,26)(H,23,24)(H,28,29). The SMILES string of the molecule is CC(NC(=O)C(CC(=O)O)NC(=O)C(N)CO)C(=O)NC(CCCCN)C(=O)O. The number of nitrogens with two attached hydrogens (primary N) is 2. The van der Waals surface area contributed by atoms with Gasteiger partial charge in [0.05, 0.1) is 13.0 Å². The van der Waals surface area contributed by atoms with Crippen LogP contribution in [0.1, 0.15) is 32.6 Å². The second kappa shape index (κ2) is 13.4. The minimum absolute atomic E-state index is 0.148. The van der Waals surface area contributed by atoms with E-state index in [-0.39, 0.29) is 6.42 Å². The van der Waals surface area contributed by atoms with E-state index in [0.717, 1.165) is 0 Å². The summed E-state index contributed by atoms with van der Waals surface area (Å²) in [5.41, 5.74) is 10.7. The number of aliphatic carboxylic acids is 2. The van der Waals surface area contributed by atoms with Crippen LogP contribution in [0.2, 0.25) is 0 Å². The molecule has 0 aromatic carbocycles. The number of rotatable bonds is 14. The van der Waals surface area contributed by atoms with E-state index in [0.29, 0.717) is 19.4 Å². The van der Waals surface area contributed by atoms with Crippen LogP contribution >= 0.6 is 0 Å². The van der Waals surface area contributed by atoms with Crippen molar-refractivity contribution in [2.24, 2.45) is 11.5 Å². The Bertz CT molecular complexity index is 600. The number of aliphatic hydroxyl groups excluding tert-OH is 1. The average Bonchev–Trinajstić information content (AvgIpc) is 2.65. The van der Waals surface area contributed by atoms with Crippen LogP contribution in [0.4, 0.5) is 0 Å². The van der Waals surface area contributed by atoms with Crippen molar-refractivity contribution in [3.63, 3.8) is 0 Å². The van der Waals surface area contributed by atoms with Gasteiger partial charge in [-0.05, 0) is 32.7 Å². The lowest BCUT2D eigenvalue weighted by Gasteiger charge is -2.22. The van der Waals surface area contributed by atoms with Crippen molar-refractivity contribution in [3.05, 3.63) is 0 Å². The highest BCUT2D eigenvalue weighted by Crippen LogP contribution is 2.02. The fourth-order valence-corrected chi connectivity index (χ4v) is 2.17. The van der Waals surface area contributed by atoms with Gasteiger partial charge in [0, 0.05) is 0 Å². The fraction of sp³-hybridized carbons (Fsp3) is 0.688. The Labute approximate surface area is 167 Å². The molecule has 4 unspecified atom stereocenters. The number of carboxylic acid groups (broad SMARTS) is 2. The highest BCUT2D eigenvalue weighted by molar-refractivity contribution is 5.95. The van der Waals surface area contributed by atoms with Crippen LogP contribution < -0.4 is 27.4 Å². The van der Waals surface area contributed by atoms with Gasteiger partial charge in [0.1, 0.15) is 24.2 Å². The first-order chi connectivity index (χ1) is 13.5. The Morgan fingerprint density at radius 2 is 1.48 bits per heavy atom. The van der Waals surface area contributed by atoms with E-state index in [1.54, 1.807) is 0 Å². The van der Waals surface area contributed by atoms with E-state index in [2.05, 4.69) is 16.0 Å². The maximum Gasteiger partial charge on any atom is 0.326 e. The van der Waals surface area contributed by atoms with Gasteiger partial charge in [-0.25, -0.2) is 4.79 Å². The molecule has 3 amide bonds. The van der Waals surface area contributed by atoms with E-state index in [9.17, 15) is 24.0 Å². The van der Waals surface area contributed by atoms with Crippen LogP contribution in [-0.4, -0.2) is 82.3 Å². The third-order valence-electron chi connectivity index (χ3n) is 3.86. The molecule has 0 aromatic rings. The van der Waals surface area contributed by atoms with E-state index in [1.165, 1.54) is 6.92 Å². The number of carbonyl (C=O) groups excluding carboxylic acids is 3. The first-order valence-electron chi connectivity index (χ1n) is 8.95. The molecular formula is C16H29N5O8. The zero-order chi connectivity index (χ0) is 22.6. The lowest BCUT2D eigenvalue weighted by molar-refractivity contribution is -0.143. The first-order valence-corrected chi connectivity index (χ1v) is 8.95. The molecule has 0 aliphatic rings. The average molecular weight is 419 g/mol. The van der Waals surface area contributed by atoms with Gasteiger partial charge in [-0.3, -0.25) is 19.2 Å². The van der Waals surface area contributed by atoms with Crippen molar-refractivity contribution >= 4 is 29.7 Å². The van der Waals surface area contributed by atoms with E-state index in [1.807, 2.05) is 0 Å². The first kappa shape index (κ1) is 26.2. The lowest BCUT2D eigenvalue weighted by Crippen LogP contribution is -2.57. The number of carbonyl (C=O) groups is 5. The summed E-state index contributed by atoms with van der Waals surface area (Å²) in [6.45, 7) is 0.932. The molecule has 0 heterocycles. The highest BCUT2D eigenvalue weighted by Gasteiger charge is 2.29. The molecule has 0 bridgehead atoms. The zero-order valence-corrected chi connectivity index (χ0v) is 16.1. The molecule has 0 spiro atoms. The molecule has 0 rings (SSSR count). The Kier molecular flexibility index (Phi) is 12.1. The van der Waals surface area contributed by atoms with Crippen molar-refractivity contribution in [2.45, 2.75) is 56.8 Å². The molecule has 0 aliphatic heterocycles. The van der Waals surface area contributed by atoms with E-state index in [4.69, 9.17) is 26.8 Å². The molecule has 0 saturated carbocycles. The quantitative estimate of drug-likeness (QED) is 0.129. The number of carboxylic acids is 2. The van der Waals surface area contributed by atoms with Crippen LogP contribution in [0.15, 0.2) is 0 Å². The number of unbranched alkanes of at least 4 members (excludes halogenated alkanes) is 1. The van der Waals surface area contributed by atoms with Gasteiger partial charge in [-0.2, -0.15) is 0 Å². The van der Waals surface area contributed by atoms with E-state index >= 15 is 0 Å². The topological polar surface area (TPSA) is 234 Å². The van der Waals surface area contributed by atoms with Crippen molar-refractivity contribution in [1.29, 1.82) is 0 Å². The second-order valence-electron chi connectivity index (χ2n) is 6.36. The molecule has 0 aliphatic carbocycles. The largest absolute Gasteiger partial charge is 0.481 e. The number of nitrogens with one attached hydrogen (secondary N) is 3. The minimum atomic E-state index is -1.55. The van der Waals surface area contributed by atoms with Gasteiger partial charge in [-0.1, -0.05) is 0 Å². The maximum absolute atomic E-state index is 12.3. The van der Waals surface area contributed by atoms with Gasteiger partial charge in [0.25, 0.3) is 0 Å². The summed E-state index contributed by atoms with van der Waals surface area (Å²) in [5, 5.41) is 33.5. The van der Waals surface area contributed by atoms with Crippen molar-refractivity contribution in [2.75, 3.05) is 13.2 Å². The summed E-state index contributed by atoms with van der Waals surface area (Å²) < 4.78 is 0. The van der Waals surface area contributed by atoms with Crippen molar-refractivity contribution in [1.82, 2.24) is 16.0 Å². The van der Waals surface area contributed by atoms with Gasteiger partial charge in [-0.15, -0.1) is 0 Å². The third-order valence-corrected chi connectivity index (χ3v) is 3.86. The fourth-order valence-electron chi connectivity index (χ4n) is 2.17. The molecule has 13 nitrogen and oxygen atoms in total. The zero-order valence-electron chi connectivity index (χ0n) is 16.1. The van der Waals surface area contributed by atoms with Crippen LogP contribution in [-0.2, 0) is 24.0 Å². The van der Waals surface area contributed by atoms with Crippen LogP contribution in [0.5, 0.6) is 0 Å². The molecule has 0 fully saturated rings. The summed E-state index contributed by atoms with van der Waals surface area (Å²) in [7, 11) is 0. The monoisotopic (exact) mass is 419 g/mol. The van der Waals surface area contributed by atoms with Gasteiger partial charge in [0.15, 0.2) is 0 Å². The van der Waals surface area contributed by atoms with E-state index < -0.39 is 66.9 Å². The molecule has 0 radical (unpaired) electrons. The number of hydrogen-bond donors (Lipinski definition) is 8.